The maximum absolute atomic E-state index is 2.37. The summed E-state index contributed by atoms with van der Waals surface area (Å²) >= 11 is 0. The highest BCUT2D eigenvalue weighted by Gasteiger charge is 2.36. The summed E-state index contributed by atoms with van der Waals surface area (Å²) in [4.78, 5) is 0. The van der Waals surface area contributed by atoms with E-state index in [1.54, 1.807) is 22.3 Å². The van der Waals surface area contributed by atoms with E-state index in [0.29, 0.717) is 11.1 Å². The summed E-state index contributed by atoms with van der Waals surface area (Å²) < 4.78 is 0. The van der Waals surface area contributed by atoms with Crippen molar-refractivity contribution in [1.82, 2.24) is 0 Å². The molecule has 27 heavy (non-hydrogen) atoms. The maximum Gasteiger partial charge on any atom is 0.0678 e. The molecule has 0 bridgehead atoms. The minimum Gasteiger partial charge on any atom is -0.0655 e. The fourth-order valence-electron chi connectivity index (χ4n) is 5.25. The SMILES string of the molecule is CC1=C(C)C([Si]C2C(C)=C(C)c3c(C)ccc(C)c32)c2c(C)ccc(C)c21. The summed E-state index contributed by atoms with van der Waals surface area (Å²) in [6, 6.07) is 9.24. The van der Waals surface area contributed by atoms with Gasteiger partial charge < -0.3 is 0 Å². The Bertz CT molecular complexity index is 949. The number of aryl methyl sites for hydroxylation is 4. The first-order valence-corrected chi connectivity index (χ1v) is 11.2. The molecule has 0 nitrogen and oxygen atoms in total. The van der Waals surface area contributed by atoms with E-state index in [2.05, 4.69) is 79.7 Å². The Morgan fingerprint density at radius 2 is 0.852 bits per heavy atom. The van der Waals surface area contributed by atoms with Crippen molar-refractivity contribution < 1.29 is 0 Å². The highest BCUT2D eigenvalue weighted by atomic mass is 28.2. The van der Waals surface area contributed by atoms with Crippen LogP contribution in [0.25, 0.3) is 11.1 Å². The molecule has 1 heteroatoms. The molecule has 0 N–H and O–H groups in total. The van der Waals surface area contributed by atoms with Crippen molar-refractivity contribution in [2.75, 3.05) is 0 Å². The topological polar surface area (TPSA) is 0 Å². The second-order valence-electron chi connectivity index (χ2n) is 8.62. The lowest BCUT2D eigenvalue weighted by Gasteiger charge is -2.23. The van der Waals surface area contributed by atoms with Gasteiger partial charge in [0, 0.05) is 0 Å². The fourth-order valence-corrected chi connectivity index (χ4v) is 7.59. The lowest BCUT2D eigenvalue weighted by atomic mass is 9.96. The van der Waals surface area contributed by atoms with Gasteiger partial charge in [0.25, 0.3) is 0 Å². The van der Waals surface area contributed by atoms with Crippen LogP contribution in [0.2, 0.25) is 0 Å². The molecule has 4 rings (SSSR count). The van der Waals surface area contributed by atoms with Crippen LogP contribution < -0.4 is 0 Å². The van der Waals surface area contributed by atoms with Gasteiger partial charge in [0.1, 0.15) is 0 Å². The van der Waals surface area contributed by atoms with E-state index in [9.17, 15) is 0 Å². The van der Waals surface area contributed by atoms with Gasteiger partial charge in [0.2, 0.25) is 0 Å². The molecule has 0 aliphatic heterocycles. The molecule has 0 saturated carbocycles. The van der Waals surface area contributed by atoms with Gasteiger partial charge in [-0.2, -0.15) is 0 Å². The molecule has 0 fully saturated rings. The van der Waals surface area contributed by atoms with Crippen molar-refractivity contribution in [3.05, 3.63) is 79.9 Å². The summed E-state index contributed by atoms with van der Waals surface area (Å²) in [6.07, 6.45) is 0. The highest BCUT2D eigenvalue weighted by molar-refractivity contribution is 6.44. The second kappa shape index (κ2) is 6.34. The number of benzene rings is 2. The molecule has 0 spiro atoms. The van der Waals surface area contributed by atoms with Crippen LogP contribution in [-0.2, 0) is 0 Å². The lowest BCUT2D eigenvalue weighted by Crippen LogP contribution is -2.18. The number of allylic oxidation sites excluding steroid dienone is 4. The minimum atomic E-state index is 0.568. The van der Waals surface area contributed by atoms with Crippen LogP contribution in [0, 0.1) is 27.7 Å². The second-order valence-corrected chi connectivity index (χ2v) is 10.1. The van der Waals surface area contributed by atoms with Gasteiger partial charge >= 0.3 is 0 Å². The monoisotopic (exact) mass is 370 g/mol. The van der Waals surface area contributed by atoms with E-state index in [4.69, 9.17) is 0 Å². The van der Waals surface area contributed by atoms with E-state index >= 15 is 0 Å². The predicted octanol–water partition coefficient (Wildman–Crippen LogP) is 7.02. The van der Waals surface area contributed by atoms with E-state index in [-0.39, 0.29) is 0 Å². The molecule has 2 aromatic rings. The van der Waals surface area contributed by atoms with E-state index < -0.39 is 0 Å². The Labute approximate surface area is 167 Å². The molecule has 2 unspecified atom stereocenters. The van der Waals surface area contributed by atoms with Crippen LogP contribution >= 0.6 is 0 Å². The average Bonchev–Trinajstić information content (AvgIpc) is 3.04. The van der Waals surface area contributed by atoms with Crippen LogP contribution in [0.1, 0.15) is 83.3 Å². The summed E-state index contributed by atoms with van der Waals surface area (Å²) in [5, 5.41) is 0. The Hall–Kier alpha value is -1.86. The normalized spacial score (nSPS) is 21.2. The van der Waals surface area contributed by atoms with Gasteiger partial charge in [0.05, 0.1) is 9.52 Å². The molecule has 2 radical (unpaired) electrons. The molecular formula is C26H30Si. The first kappa shape index (κ1) is 18.5. The summed E-state index contributed by atoms with van der Waals surface area (Å²) in [7, 11) is 0.876. The smallest absolute Gasteiger partial charge is 0.0655 e. The van der Waals surface area contributed by atoms with Crippen LogP contribution in [-0.4, -0.2) is 9.52 Å². The molecule has 0 aromatic heterocycles. The van der Waals surface area contributed by atoms with Gasteiger partial charge in [0.15, 0.2) is 0 Å². The van der Waals surface area contributed by atoms with Gasteiger partial charge in [-0.25, -0.2) is 0 Å². The van der Waals surface area contributed by atoms with Crippen molar-refractivity contribution in [2.45, 2.75) is 66.5 Å². The molecule has 0 heterocycles. The van der Waals surface area contributed by atoms with Gasteiger partial charge in [-0.1, -0.05) is 35.4 Å². The van der Waals surface area contributed by atoms with Crippen LogP contribution in [0.4, 0.5) is 0 Å². The first-order chi connectivity index (χ1) is 12.7. The minimum absolute atomic E-state index is 0.568. The van der Waals surface area contributed by atoms with Crippen molar-refractivity contribution in [3.63, 3.8) is 0 Å². The molecule has 0 amide bonds. The number of hydrogen-bond donors (Lipinski definition) is 0. The number of hydrogen-bond acceptors (Lipinski definition) is 0. The molecule has 138 valence electrons. The van der Waals surface area contributed by atoms with Gasteiger partial charge in [-0.3, -0.25) is 0 Å². The molecule has 2 aliphatic carbocycles. The van der Waals surface area contributed by atoms with Crippen molar-refractivity contribution in [3.8, 4) is 0 Å². The van der Waals surface area contributed by atoms with Gasteiger partial charge in [-0.15, -0.1) is 0 Å². The van der Waals surface area contributed by atoms with E-state index in [1.807, 2.05) is 0 Å². The number of rotatable bonds is 2. The van der Waals surface area contributed by atoms with Crippen LogP contribution in [0.15, 0.2) is 35.4 Å². The van der Waals surface area contributed by atoms with Crippen LogP contribution in [0.5, 0.6) is 0 Å². The third kappa shape index (κ3) is 2.55. The third-order valence-electron chi connectivity index (χ3n) is 7.05. The molecular weight excluding hydrogens is 340 g/mol. The maximum atomic E-state index is 2.37. The van der Waals surface area contributed by atoms with Crippen LogP contribution in [0.3, 0.4) is 0 Å². The lowest BCUT2D eigenvalue weighted by molar-refractivity contribution is 1.01. The predicted molar refractivity (Wildman–Crippen MR) is 120 cm³/mol. The number of fused-ring (bicyclic) bond motifs is 2. The summed E-state index contributed by atoms with van der Waals surface area (Å²) in [5.41, 5.74) is 19.4. The Balaban J connectivity index is 1.85. The largest absolute Gasteiger partial charge is 0.0678 e. The van der Waals surface area contributed by atoms with Crippen molar-refractivity contribution in [2.24, 2.45) is 0 Å². The molecule has 2 atom stereocenters. The summed E-state index contributed by atoms with van der Waals surface area (Å²) in [6.45, 7) is 18.5. The molecule has 2 aromatic carbocycles. The Morgan fingerprint density at radius 3 is 1.22 bits per heavy atom. The van der Waals surface area contributed by atoms with E-state index in [1.165, 1.54) is 44.5 Å². The van der Waals surface area contributed by atoms with E-state index in [0.717, 1.165) is 9.52 Å². The van der Waals surface area contributed by atoms with Gasteiger partial charge in [-0.05, 0) is 122 Å². The first-order valence-electron chi connectivity index (χ1n) is 10.1. The fraction of sp³-hybridized carbons (Fsp3) is 0.385. The van der Waals surface area contributed by atoms with Crippen molar-refractivity contribution in [1.29, 1.82) is 0 Å². The zero-order chi connectivity index (χ0) is 19.6. The molecule has 2 aliphatic rings. The third-order valence-corrected chi connectivity index (χ3v) is 9.16. The zero-order valence-corrected chi connectivity index (χ0v) is 19.0. The summed E-state index contributed by atoms with van der Waals surface area (Å²) in [5.74, 6) is 0. The molecule has 0 saturated heterocycles. The quantitative estimate of drug-likeness (QED) is 0.498. The average molecular weight is 371 g/mol. The Morgan fingerprint density at radius 1 is 0.519 bits per heavy atom. The Kier molecular flexibility index (Phi) is 4.34. The standard InChI is InChI=1S/C26H30Si/c1-13-9-11-15(3)23-21(13)17(5)19(7)25(23)27-26-20(8)18(6)22-14(2)10-12-16(4)24(22)26/h9-12,25-26H,1-8H3. The highest BCUT2D eigenvalue weighted by Crippen LogP contribution is 2.50. The zero-order valence-electron chi connectivity index (χ0n) is 18.0. The van der Waals surface area contributed by atoms with Crippen molar-refractivity contribution >= 4 is 20.7 Å².